The highest BCUT2D eigenvalue weighted by Crippen LogP contribution is 2.37. The summed E-state index contributed by atoms with van der Waals surface area (Å²) in [6.45, 7) is 5.71. The van der Waals surface area contributed by atoms with Gasteiger partial charge in [-0.15, -0.1) is 0 Å². The van der Waals surface area contributed by atoms with E-state index in [1.165, 1.54) is 25.7 Å². The van der Waals surface area contributed by atoms with Crippen LogP contribution in [0.5, 0.6) is 0 Å². The lowest BCUT2D eigenvalue weighted by molar-refractivity contribution is 0.300. The number of rotatable bonds is 4. The molecule has 1 aromatic heterocycles. The van der Waals surface area contributed by atoms with Crippen molar-refractivity contribution < 1.29 is 0 Å². The third-order valence-electron chi connectivity index (χ3n) is 3.78. The molecule has 0 aromatic carbocycles. The number of aromatic nitrogens is 1. The summed E-state index contributed by atoms with van der Waals surface area (Å²) >= 11 is 0. The summed E-state index contributed by atoms with van der Waals surface area (Å²) in [7, 11) is 0. The second-order valence-electron chi connectivity index (χ2n) is 5.37. The minimum Gasteiger partial charge on any atom is -0.308 e. The lowest BCUT2D eigenvalue weighted by atomic mass is 9.88. The van der Waals surface area contributed by atoms with E-state index < -0.39 is 0 Å². The van der Waals surface area contributed by atoms with Gasteiger partial charge in [0.25, 0.3) is 0 Å². The van der Waals surface area contributed by atoms with Crippen LogP contribution in [0.4, 0.5) is 0 Å². The van der Waals surface area contributed by atoms with Crippen LogP contribution in [-0.2, 0) is 0 Å². The van der Waals surface area contributed by atoms with Crippen molar-refractivity contribution in [2.75, 3.05) is 6.54 Å². The SMILES string of the molecule is CC(NCC1(C)CCCC1)c1ccccn1. The Labute approximate surface area is 98.5 Å². The molecular weight excluding hydrogens is 196 g/mol. The molecule has 0 saturated heterocycles. The van der Waals surface area contributed by atoms with Gasteiger partial charge >= 0.3 is 0 Å². The van der Waals surface area contributed by atoms with Gasteiger partial charge in [-0.2, -0.15) is 0 Å². The predicted molar refractivity (Wildman–Crippen MR) is 67.2 cm³/mol. The zero-order chi connectivity index (χ0) is 11.4. The highest BCUT2D eigenvalue weighted by atomic mass is 14.9. The number of nitrogens with one attached hydrogen (secondary N) is 1. The third-order valence-corrected chi connectivity index (χ3v) is 3.78. The van der Waals surface area contributed by atoms with Crippen LogP contribution in [0.25, 0.3) is 0 Å². The second-order valence-corrected chi connectivity index (χ2v) is 5.37. The van der Waals surface area contributed by atoms with Gasteiger partial charge < -0.3 is 5.32 Å². The summed E-state index contributed by atoms with van der Waals surface area (Å²) in [5, 5.41) is 3.62. The summed E-state index contributed by atoms with van der Waals surface area (Å²) in [6, 6.07) is 6.47. The van der Waals surface area contributed by atoms with Crippen LogP contribution in [-0.4, -0.2) is 11.5 Å². The average Bonchev–Trinajstić information content (AvgIpc) is 2.75. The number of nitrogens with zero attached hydrogens (tertiary/aromatic N) is 1. The predicted octanol–water partition coefficient (Wildman–Crippen LogP) is 3.31. The van der Waals surface area contributed by atoms with Gasteiger partial charge in [0.15, 0.2) is 0 Å². The smallest absolute Gasteiger partial charge is 0.0570 e. The van der Waals surface area contributed by atoms with Gasteiger partial charge in [0.05, 0.1) is 5.69 Å². The van der Waals surface area contributed by atoms with Crippen molar-refractivity contribution in [1.82, 2.24) is 10.3 Å². The molecule has 1 heterocycles. The van der Waals surface area contributed by atoms with Crippen molar-refractivity contribution in [2.45, 2.75) is 45.6 Å². The average molecular weight is 218 g/mol. The first-order chi connectivity index (χ1) is 7.70. The molecule has 0 bridgehead atoms. The molecule has 0 spiro atoms. The molecule has 1 aromatic rings. The van der Waals surface area contributed by atoms with E-state index in [1.54, 1.807) is 0 Å². The monoisotopic (exact) mass is 218 g/mol. The number of hydrogen-bond acceptors (Lipinski definition) is 2. The van der Waals surface area contributed by atoms with E-state index in [1.807, 2.05) is 12.3 Å². The molecule has 0 aliphatic heterocycles. The van der Waals surface area contributed by atoms with Gasteiger partial charge in [-0.3, -0.25) is 4.98 Å². The molecule has 1 atom stereocenters. The third kappa shape index (κ3) is 2.82. The van der Waals surface area contributed by atoms with E-state index in [-0.39, 0.29) is 0 Å². The topological polar surface area (TPSA) is 24.9 Å². The maximum atomic E-state index is 4.38. The first-order valence-electron chi connectivity index (χ1n) is 6.34. The molecule has 0 radical (unpaired) electrons. The van der Waals surface area contributed by atoms with Crippen LogP contribution in [0.15, 0.2) is 24.4 Å². The van der Waals surface area contributed by atoms with Gasteiger partial charge in [0, 0.05) is 18.8 Å². The van der Waals surface area contributed by atoms with Crippen LogP contribution in [0.3, 0.4) is 0 Å². The fourth-order valence-corrected chi connectivity index (χ4v) is 2.54. The fourth-order valence-electron chi connectivity index (χ4n) is 2.54. The van der Waals surface area contributed by atoms with Gasteiger partial charge in [-0.1, -0.05) is 25.8 Å². The van der Waals surface area contributed by atoms with Crippen molar-refractivity contribution in [3.63, 3.8) is 0 Å². The molecule has 88 valence electrons. The molecule has 1 aliphatic carbocycles. The maximum absolute atomic E-state index is 4.38. The summed E-state index contributed by atoms with van der Waals surface area (Å²) in [5.41, 5.74) is 1.66. The summed E-state index contributed by atoms with van der Waals surface area (Å²) in [4.78, 5) is 4.38. The Morgan fingerprint density at radius 1 is 1.38 bits per heavy atom. The minimum absolute atomic E-state index is 0.360. The zero-order valence-electron chi connectivity index (χ0n) is 10.4. The molecule has 1 fully saturated rings. The molecule has 1 saturated carbocycles. The van der Waals surface area contributed by atoms with Crippen molar-refractivity contribution in [1.29, 1.82) is 0 Å². The highest BCUT2D eigenvalue weighted by Gasteiger charge is 2.28. The van der Waals surface area contributed by atoms with E-state index in [0.717, 1.165) is 12.2 Å². The summed E-state index contributed by atoms with van der Waals surface area (Å²) in [6.07, 6.45) is 7.40. The van der Waals surface area contributed by atoms with Gasteiger partial charge in [0.2, 0.25) is 0 Å². The molecule has 0 amide bonds. The molecule has 1 N–H and O–H groups in total. The standard InChI is InChI=1S/C14H22N2/c1-12(13-7-3-6-10-15-13)16-11-14(2)8-4-5-9-14/h3,6-7,10,12,16H,4-5,8-9,11H2,1-2H3. The zero-order valence-corrected chi connectivity index (χ0v) is 10.4. The molecule has 2 rings (SSSR count). The Bertz CT molecular complexity index is 315. The van der Waals surface area contributed by atoms with Gasteiger partial charge in [-0.25, -0.2) is 0 Å². The van der Waals surface area contributed by atoms with E-state index in [0.29, 0.717) is 11.5 Å². The second kappa shape index (κ2) is 4.96. The minimum atomic E-state index is 0.360. The number of hydrogen-bond donors (Lipinski definition) is 1. The van der Waals surface area contributed by atoms with E-state index >= 15 is 0 Å². The summed E-state index contributed by atoms with van der Waals surface area (Å²) in [5.74, 6) is 0. The number of pyridine rings is 1. The lowest BCUT2D eigenvalue weighted by Crippen LogP contribution is -2.31. The Hall–Kier alpha value is -0.890. The quantitative estimate of drug-likeness (QED) is 0.838. The van der Waals surface area contributed by atoms with Crippen molar-refractivity contribution in [3.05, 3.63) is 30.1 Å². The Morgan fingerprint density at radius 3 is 2.75 bits per heavy atom. The van der Waals surface area contributed by atoms with Crippen LogP contribution in [0.1, 0.15) is 51.3 Å². The van der Waals surface area contributed by atoms with E-state index in [4.69, 9.17) is 0 Å². The van der Waals surface area contributed by atoms with Gasteiger partial charge in [-0.05, 0) is 37.3 Å². The normalized spacial score (nSPS) is 20.9. The molecule has 1 aliphatic rings. The Morgan fingerprint density at radius 2 is 2.12 bits per heavy atom. The van der Waals surface area contributed by atoms with Crippen molar-refractivity contribution in [3.8, 4) is 0 Å². The fraction of sp³-hybridized carbons (Fsp3) is 0.643. The summed E-state index contributed by atoms with van der Waals surface area (Å²) < 4.78 is 0. The van der Waals surface area contributed by atoms with Crippen LogP contribution >= 0.6 is 0 Å². The molecule has 1 unspecified atom stereocenters. The first kappa shape index (κ1) is 11.6. The maximum Gasteiger partial charge on any atom is 0.0570 e. The van der Waals surface area contributed by atoms with Gasteiger partial charge in [0.1, 0.15) is 0 Å². The van der Waals surface area contributed by atoms with Crippen molar-refractivity contribution in [2.24, 2.45) is 5.41 Å². The Balaban J connectivity index is 1.86. The molecule has 2 nitrogen and oxygen atoms in total. The Kier molecular flexibility index (Phi) is 3.59. The van der Waals surface area contributed by atoms with Crippen LogP contribution in [0.2, 0.25) is 0 Å². The molecule has 16 heavy (non-hydrogen) atoms. The molecular formula is C14H22N2. The highest BCUT2D eigenvalue weighted by molar-refractivity contribution is 5.07. The van der Waals surface area contributed by atoms with E-state index in [9.17, 15) is 0 Å². The molecule has 2 heteroatoms. The lowest BCUT2D eigenvalue weighted by Gasteiger charge is -2.26. The van der Waals surface area contributed by atoms with E-state index in [2.05, 4.69) is 36.3 Å². The van der Waals surface area contributed by atoms with Crippen molar-refractivity contribution >= 4 is 0 Å². The largest absolute Gasteiger partial charge is 0.308 e. The first-order valence-corrected chi connectivity index (χ1v) is 6.34. The van der Waals surface area contributed by atoms with Crippen LogP contribution in [0, 0.1) is 5.41 Å². The van der Waals surface area contributed by atoms with Crippen LogP contribution < -0.4 is 5.32 Å².